The summed E-state index contributed by atoms with van der Waals surface area (Å²) in [6.45, 7) is 0. The molecule has 0 unspecified atom stereocenters. The lowest BCUT2D eigenvalue weighted by Crippen LogP contribution is -1.80. The van der Waals surface area contributed by atoms with Crippen LogP contribution in [0.3, 0.4) is 0 Å². The van der Waals surface area contributed by atoms with Gasteiger partial charge in [0.15, 0.2) is 0 Å². The molecule has 0 amide bonds. The SMILES string of the molecule is Fc1ccc(/C=C/Cc2ccc(Cl)cc2)cc1. The summed E-state index contributed by atoms with van der Waals surface area (Å²) in [6, 6.07) is 14.2. The first kappa shape index (κ1) is 11.9. The molecule has 0 bridgehead atoms. The van der Waals surface area contributed by atoms with Gasteiger partial charge in [0, 0.05) is 5.02 Å². The van der Waals surface area contributed by atoms with E-state index >= 15 is 0 Å². The molecule has 0 aliphatic carbocycles. The highest BCUT2D eigenvalue weighted by atomic mass is 35.5. The second kappa shape index (κ2) is 5.65. The molecule has 0 fully saturated rings. The van der Waals surface area contributed by atoms with Gasteiger partial charge < -0.3 is 0 Å². The van der Waals surface area contributed by atoms with Crippen LogP contribution in [0.25, 0.3) is 6.08 Å². The molecule has 0 radical (unpaired) electrons. The van der Waals surface area contributed by atoms with Crippen LogP contribution in [0.1, 0.15) is 11.1 Å². The lowest BCUT2D eigenvalue weighted by Gasteiger charge is -1.96. The molecule has 2 rings (SSSR count). The van der Waals surface area contributed by atoms with E-state index in [0.717, 1.165) is 17.0 Å². The molecule has 0 aliphatic heterocycles. The van der Waals surface area contributed by atoms with Crippen LogP contribution in [-0.2, 0) is 6.42 Å². The molecule has 0 aromatic heterocycles. The average molecular weight is 247 g/mol. The van der Waals surface area contributed by atoms with Crippen molar-refractivity contribution in [3.8, 4) is 0 Å². The lowest BCUT2D eigenvalue weighted by atomic mass is 10.1. The van der Waals surface area contributed by atoms with Gasteiger partial charge in [0.1, 0.15) is 5.82 Å². The Kier molecular flexibility index (Phi) is 3.94. The second-order valence-corrected chi connectivity index (χ2v) is 4.22. The van der Waals surface area contributed by atoms with Gasteiger partial charge in [0.05, 0.1) is 0 Å². The summed E-state index contributed by atoms with van der Waals surface area (Å²) < 4.78 is 12.7. The maximum atomic E-state index is 12.7. The van der Waals surface area contributed by atoms with E-state index in [4.69, 9.17) is 11.6 Å². The topological polar surface area (TPSA) is 0 Å². The Labute approximate surface area is 105 Å². The van der Waals surface area contributed by atoms with E-state index in [0.29, 0.717) is 0 Å². The molecule has 0 atom stereocenters. The highest BCUT2D eigenvalue weighted by molar-refractivity contribution is 6.30. The molecule has 0 saturated carbocycles. The number of halogens is 2. The first-order valence-corrected chi connectivity index (χ1v) is 5.78. The predicted molar refractivity (Wildman–Crippen MR) is 70.6 cm³/mol. The monoisotopic (exact) mass is 246 g/mol. The van der Waals surface area contributed by atoms with Crippen molar-refractivity contribution in [3.63, 3.8) is 0 Å². The Hall–Kier alpha value is -1.60. The number of rotatable bonds is 3. The summed E-state index contributed by atoms with van der Waals surface area (Å²) in [7, 11) is 0. The minimum Gasteiger partial charge on any atom is -0.207 e. The zero-order valence-electron chi connectivity index (χ0n) is 9.24. The van der Waals surface area contributed by atoms with Crippen LogP contribution < -0.4 is 0 Å². The third-order valence-corrected chi connectivity index (χ3v) is 2.70. The Morgan fingerprint density at radius 3 is 2.24 bits per heavy atom. The maximum Gasteiger partial charge on any atom is 0.123 e. The molecule has 86 valence electrons. The minimum absolute atomic E-state index is 0.208. The first-order chi connectivity index (χ1) is 8.24. The zero-order valence-corrected chi connectivity index (χ0v) is 9.99. The van der Waals surface area contributed by atoms with Gasteiger partial charge in [-0.05, 0) is 41.8 Å². The molecular weight excluding hydrogens is 235 g/mol. The smallest absolute Gasteiger partial charge is 0.123 e. The lowest BCUT2D eigenvalue weighted by molar-refractivity contribution is 0.628. The number of hydrogen-bond acceptors (Lipinski definition) is 0. The summed E-state index contributed by atoms with van der Waals surface area (Å²) >= 11 is 5.80. The van der Waals surface area contributed by atoms with Gasteiger partial charge in [0.2, 0.25) is 0 Å². The highest BCUT2D eigenvalue weighted by Crippen LogP contribution is 2.11. The zero-order chi connectivity index (χ0) is 12.1. The second-order valence-electron chi connectivity index (χ2n) is 3.78. The van der Waals surface area contributed by atoms with Crippen LogP contribution in [0.5, 0.6) is 0 Å². The molecule has 17 heavy (non-hydrogen) atoms. The van der Waals surface area contributed by atoms with Crippen molar-refractivity contribution in [3.05, 3.63) is 76.6 Å². The average Bonchev–Trinajstić information content (AvgIpc) is 2.34. The van der Waals surface area contributed by atoms with Crippen LogP contribution in [0, 0.1) is 5.82 Å². The third-order valence-electron chi connectivity index (χ3n) is 2.45. The van der Waals surface area contributed by atoms with Crippen LogP contribution in [-0.4, -0.2) is 0 Å². The van der Waals surface area contributed by atoms with Gasteiger partial charge in [-0.25, -0.2) is 4.39 Å². The molecular formula is C15H12ClF. The minimum atomic E-state index is -0.208. The van der Waals surface area contributed by atoms with Crippen LogP contribution in [0.4, 0.5) is 4.39 Å². The van der Waals surface area contributed by atoms with E-state index in [2.05, 4.69) is 6.08 Å². The fourth-order valence-corrected chi connectivity index (χ4v) is 1.65. The summed E-state index contributed by atoms with van der Waals surface area (Å²) in [4.78, 5) is 0. The summed E-state index contributed by atoms with van der Waals surface area (Å²) in [5.41, 5.74) is 2.20. The maximum absolute atomic E-state index is 12.7. The van der Waals surface area contributed by atoms with Gasteiger partial charge in [-0.3, -0.25) is 0 Å². The van der Waals surface area contributed by atoms with E-state index in [1.807, 2.05) is 30.3 Å². The fourth-order valence-electron chi connectivity index (χ4n) is 1.53. The summed E-state index contributed by atoms with van der Waals surface area (Å²) in [5.74, 6) is -0.208. The van der Waals surface area contributed by atoms with Crippen LogP contribution >= 0.6 is 11.6 Å². The number of allylic oxidation sites excluding steroid dienone is 1. The van der Waals surface area contributed by atoms with Gasteiger partial charge in [0.25, 0.3) is 0 Å². The standard InChI is InChI=1S/C15H12ClF/c16-14-8-4-12(5-9-14)2-1-3-13-6-10-15(17)11-7-13/h1,3-11H,2H2/b3-1+. The molecule has 0 spiro atoms. The van der Waals surface area contributed by atoms with Crippen LogP contribution in [0.2, 0.25) is 5.02 Å². The molecule has 0 saturated heterocycles. The molecule has 0 aliphatic rings. The summed E-state index contributed by atoms with van der Waals surface area (Å²) in [6.07, 6.45) is 4.87. The van der Waals surface area contributed by atoms with Crippen molar-refractivity contribution < 1.29 is 4.39 Å². The van der Waals surface area contributed by atoms with Crippen molar-refractivity contribution in [1.82, 2.24) is 0 Å². The van der Waals surface area contributed by atoms with Gasteiger partial charge in [-0.15, -0.1) is 0 Å². The quantitative estimate of drug-likeness (QED) is 0.734. The van der Waals surface area contributed by atoms with E-state index in [1.165, 1.54) is 17.7 Å². The Bertz CT molecular complexity index is 497. The fraction of sp³-hybridized carbons (Fsp3) is 0.0667. The van der Waals surface area contributed by atoms with Gasteiger partial charge in [-0.2, -0.15) is 0 Å². The first-order valence-electron chi connectivity index (χ1n) is 5.40. The Balaban J connectivity index is 1.97. The largest absolute Gasteiger partial charge is 0.207 e. The molecule has 2 heteroatoms. The van der Waals surface area contributed by atoms with E-state index in [1.54, 1.807) is 12.1 Å². The normalized spacial score (nSPS) is 10.9. The molecule has 0 nitrogen and oxygen atoms in total. The van der Waals surface area contributed by atoms with Crippen molar-refractivity contribution in [2.45, 2.75) is 6.42 Å². The van der Waals surface area contributed by atoms with E-state index in [9.17, 15) is 4.39 Å². The Morgan fingerprint density at radius 2 is 1.59 bits per heavy atom. The van der Waals surface area contributed by atoms with E-state index < -0.39 is 0 Å². The molecule has 2 aromatic carbocycles. The Morgan fingerprint density at radius 1 is 0.941 bits per heavy atom. The third kappa shape index (κ3) is 3.72. The summed E-state index contributed by atoms with van der Waals surface area (Å²) in [5, 5.41) is 0.747. The van der Waals surface area contributed by atoms with Crippen molar-refractivity contribution in [1.29, 1.82) is 0 Å². The van der Waals surface area contributed by atoms with Crippen molar-refractivity contribution in [2.75, 3.05) is 0 Å². The number of hydrogen-bond donors (Lipinski definition) is 0. The van der Waals surface area contributed by atoms with Crippen molar-refractivity contribution in [2.24, 2.45) is 0 Å². The van der Waals surface area contributed by atoms with Crippen LogP contribution in [0.15, 0.2) is 54.6 Å². The molecule has 0 N–H and O–H groups in total. The molecule has 0 heterocycles. The predicted octanol–water partition coefficient (Wildman–Crippen LogP) is 4.74. The van der Waals surface area contributed by atoms with Gasteiger partial charge >= 0.3 is 0 Å². The van der Waals surface area contributed by atoms with Crippen molar-refractivity contribution >= 4 is 17.7 Å². The van der Waals surface area contributed by atoms with E-state index in [-0.39, 0.29) is 5.82 Å². The number of benzene rings is 2. The van der Waals surface area contributed by atoms with Gasteiger partial charge in [-0.1, -0.05) is 48.0 Å². The molecule has 2 aromatic rings. The highest BCUT2D eigenvalue weighted by Gasteiger charge is 1.91.